The molecule has 1 aromatic heterocycles. The van der Waals surface area contributed by atoms with Crippen molar-refractivity contribution >= 4 is 35.2 Å². The molecule has 2 heterocycles. The number of hydrogen-bond donors (Lipinski definition) is 2. The Hall–Kier alpha value is -2.87. The lowest BCUT2D eigenvalue weighted by atomic mass is 9.96. The number of amides is 3. The highest BCUT2D eigenvalue weighted by atomic mass is 32.2. The molecule has 8 heteroatoms. The van der Waals surface area contributed by atoms with Crippen LogP contribution < -0.4 is 10.6 Å². The first-order chi connectivity index (χ1) is 15.0. The second kappa shape index (κ2) is 11.5. The van der Waals surface area contributed by atoms with Gasteiger partial charge in [-0.2, -0.15) is 0 Å². The highest BCUT2D eigenvalue weighted by Gasteiger charge is 2.27. The van der Waals surface area contributed by atoms with Crippen LogP contribution in [0, 0.1) is 12.8 Å². The number of likely N-dealkylation sites (tertiary alicyclic amines) is 1. The molecule has 1 aliphatic rings. The summed E-state index contributed by atoms with van der Waals surface area (Å²) in [6.07, 6.45) is 4.75. The van der Waals surface area contributed by atoms with Gasteiger partial charge in [0.25, 0.3) is 0 Å². The van der Waals surface area contributed by atoms with Gasteiger partial charge in [0.15, 0.2) is 0 Å². The van der Waals surface area contributed by atoms with Crippen LogP contribution >= 0.6 is 11.8 Å². The molecule has 2 N–H and O–H groups in total. The quantitative estimate of drug-likeness (QED) is 0.658. The molecule has 0 saturated carbocycles. The molecule has 1 saturated heterocycles. The molecule has 0 aliphatic carbocycles. The number of carbonyl (C=O) groups is 3. The summed E-state index contributed by atoms with van der Waals surface area (Å²) in [5, 5.41) is 5.80. The predicted octanol–water partition coefficient (Wildman–Crippen LogP) is 2.62. The van der Waals surface area contributed by atoms with Crippen LogP contribution in [0.1, 0.15) is 24.0 Å². The molecule has 1 aromatic carbocycles. The molecular weight excluding hydrogens is 412 g/mol. The minimum absolute atomic E-state index is 0.0163. The van der Waals surface area contributed by atoms with Gasteiger partial charge in [-0.25, -0.2) is 0 Å². The molecule has 0 unspecified atom stereocenters. The molecule has 0 atom stereocenters. The Morgan fingerprint density at radius 2 is 1.94 bits per heavy atom. The summed E-state index contributed by atoms with van der Waals surface area (Å²) in [4.78, 5) is 42.7. The van der Waals surface area contributed by atoms with Crippen molar-refractivity contribution in [1.29, 1.82) is 0 Å². The summed E-state index contributed by atoms with van der Waals surface area (Å²) >= 11 is 1.31. The largest absolute Gasteiger partial charge is 0.352 e. The van der Waals surface area contributed by atoms with Crippen molar-refractivity contribution in [2.75, 3.05) is 29.9 Å². The van der Waals surface area contributed by atoms with E-state index >= 15 is 0 Å². The maximum atomic E-state index is 12.4. The van der Waals surface area contributed by atoms with Gasteiger partial charge in [-0.15, -0.1) is 11.8 Å². The van der Waals surface area contributed by atoms with Crippen molar-refractivity contribution in [2.24, 2.45) is 5.92 Å². The van der Waals surface area contributed by atoms with Gasteiger partial charge in [0, 0.05) is 43.6 Å². The summed E-state index contributed by atoms with van der Waals surface area (Å²) in [5.74, 6) is 0.341. The molecule has 7 nitrogen and oxygen atoms in total. The van der Waals surface area contributed by atoms with Gasteiger partial charge in [0.05, 0.1) is 11.5 Å². The first kappa shape index (κ1) is 22.8. The zero-order valence-electron chi connectivity index (χ0n) is 17.7. The highest BCUT2D eigenvalue weighted by molar-refractivity contribution is 8.00. The van der Waals surface area contributed by atoms with Crippen LogP contribution in [0.15, 0.2) is 48.8 Å². The number of aromatic nitrogens is 1. The third-order valence-electron chi connectivity index (χ3n) is 5.17. The Bertz CT molecular complexity index is 899. The Morgan fingerprint density at radius 1 is 1.13 bits per heavy atom. The maximum absolute atomic E-state index is 12.4. The molecule has 0 spiro atoms. The summed E-state index contributed by atoms with van der Waals surface area (Å²) in [6.45, 7) is 3.57. The molecular formula is C23H28N4O3S. The van der Waals surface area contributed by atoms with E-state index in [0.717, 1.165) is 16.8 Å². The number of piperidine rings is 1. The number of anilines is 1. The van der Waals surface area contributed by atoms with E-state index in [1.54, 1.807) is 17.3 Å². The predicted molar refractivity (Wildman–Crippen MR) is 123 cm³/mol. The molecule has 164 valence electrons. The fourth-order valence-corrected chi connectivity index (χ4v) is 4.19. The van der Waals surface area contributed by atoms with Gasteiger partial charge in [0.2, 0.25) is 17.7 Å². The number of thioether (sulfide) groups is 1. The standard InChI is InChI=1S/C23H28N4O3S/c1-17-4-2-6-20(12-17)26-21(28)15-31-16-22(29)27-10-7-19(8-11-27)23(30)25-14-18-5-3-9-24-13-18/h2-6,9,12-13,19H,7-8,10-11,14-16H2,1H3,(H,25,30)(H,26,28). The zero-order valence-corrected chi connectivity index (χ0v) is 18.5. The van der Waals surface area contributed by atoms with Crippen molar-refractivity contribution in [3.63, 3.8) is 0 Å². The zero-order chi connectivity index (χ0) is 22.1. The number of pyridine rings is 1. The van der Waals surface area contributed by atoms with E-state index in [1.807, 2.05) is 43.3 Å². The Balaban J connectivity index is 1.32. The van der Waals surface area contributed by atoms with Crippen LogP contribution in [0.3, 0.4) is 0 Å². The van der Waals surface area contributed by atoms with E-state index in [1.165, 1.54) is 11.8 Å². The van der Waals surface area contributed by atoms with E-state index in [-0.39, 0.29) is 35.1 Å². The van der Waals surface area contributed by atoms with Crippen molar-refractivity contribution < 1.29 is 14.4 Å². The van der Waals surface area contributed by atoms with Crippen LogP contribution in [0.2, 0.25) is 0 Å². The molecule has 31 heavy (non-hydrogen) atoms. The summed E-state index contributed by atoms with van der Waals surface area (Å²) in [6, 6.07) is 11.4. The number of aryl methyl sites for hydroxylation is 1. The molecule has 0 bridgehead atoms. The minimum atomic E-state index is -0.118. The SMILES string of the molecule is Cc1cccc(NC(=O)CSCC(=O)N2CCC(C(=O)NCc3cccnc3)CC2)c1. The summed E-state index contributed by atoms with van der Waals surface area (Å²) in [5.41, 5.74) is 2.81. The molecule has 1 aliphatic heterocycles. The van der Waals surface area contributed by atoms with E-state index in [4.69, 9.17) is 0 Å². The normalized spacial score (nSPS) is 14.2. The maximum Gasteiger partial charge on any atom is 0.234 e. The number of nitrogens with zero attached hydrogens (tertiary/aromatic N) is 2. The lowest BCUT2D eigenvalue weighted by Crippen LogP contribution is -2.43. The summed E-state index contributed by atoms with van der Waals surface area (Å²) in [7, 11) is 0. The number of nitrogens with one attached hydrogen (secondary N) is 2. The van der Waals surface area contributed by atoms with E-state index in [9.17, 15) is 14.4 Å². The third kappa shape index (κ3) is 7.40. The minimum Gasteiger partial charge on any atom is -0.352 e. The van der Waals surface area contributed by atoms with Crippen LogP contribution in [-0.4, -0.2) is 52.2 Å². The Kier molecular flexibility index (Phi) is 8.46. The molecule has 1 fully saturated rings. The van der Waals surface area contributed by atoms with Gasteiger partial charge >= 0.3 is 0 Å². The second-order valence-electron chi connectivity index (χ2n) is 7.64. The average molecular weight is 441 g/mol. The monoisotopic (exact) mass is 440 g/mol. The van der Waals surface area contributed by atoms with Gasteiger partial charge in [-0.1, -0.05) is 18.2 Å². The first-order valence-electron chi connectivity index (χ1n) is 10.4. The Morgan fingerprint density at radius 3 is 2.65 bits per heavy atom. The van der Waals surface area contributed by atoms with E-state index < -0.39 is 0 Å². The van der Waals surface area contributed by atoms with Gasteiger partial charge in [-0.05, 0) is 49.1 Å². The van der Waals surface area contributed by atoms with Gasteiger partial charge < -0.3 is 15.5 Å². The smallest absolute Gasteiger partial charge is 0.234 e. The number of carbonyl (C=O) groups excluding carboxylic acids is 3. The van der Waals surface area contributed by atoms with Crippen molar-refractivity contribution in [2.45, 2.75) is 26.3 Å². The second-order valence-corrected chi connectivity index (χ2v) is 8.63. The number of hydrogen-bond acceptors (Lipinski definition) is 5. The van der Waals surface area contributed by atoms with Crippen LogP contribution in [-0.2, 0) is 20.9 Å². The average Bonchev–Trinajstić information content (AvgIpc) is 2.78. The van der Waals surface area contributed by atoms with Crippen molar-refractivity contribution in [3.05, 3.63) is 59.9 Å². The number of benzene rings is 1. The van der Waals surface area contributed by atoms with Crippen molar-refractivity contribution in [1.82, 2.24) is 15.2 Å². The van der Waals surface area contributed by atoms with Crippen LogP contribution in [0.4, 0.5) is 5.69 Å². The fraction of sp³-hybridized carbons (Fsp3) is 0.391. The van der Waals surface area contributed by atoms with Crippen molar-refractivity contribution in [3.8, 4) is 0 Å². The molecule has 2 aromatic rings. The lowest BCUT2D eigenvalue weighted by molar-refractivity contribution is -0.133. The van der Waals surface area contributed by atoms with E-state index in [2.05, 4.69) is 15.6 Å². The van der Waals surface area contributed by atoms with Gasteiger partial charge in [-0.3, -0.25) is 19.4 Å². The van der Waals surface area contributed by atoms with Crippen LogP contribution in [0.5, 0.6) is 0 Å². The van der Waals surface area contributed by atoms with E-state index in [0.29, 0.717) is 32.5 Å². The molecule has 0 radical (unpaired) electrons. The Labute approximate surface area is 187 Å². The summed E-state index contributed by atoms with van der Waals surface area (Å²) < 4.78 is 0. The lowest BCUT2D eigenvalue weighted by Gasteiger charge is -2.31. The first-order valence-corrected chi connectivity index (χ1v) is 11.6. The molecule has 3 rings (SSSR count). The third-order valence-corrected chi connectivity index (χ3v) is 6.09. The van der Waals surface area contributed by atoms with Crippen LogP contribution in [0.25, 0.3) is 0 Å². The highest BCUT2D eigenvalue weighted by Crippen LogP contribution is 2.19. The number of rotatable bonds is 8. The fourth-order valence-electron chi connectivity index (χ4n) is 3.47. The molecule has 3 amide bonds. The topological polar surface area (TPSA) is 91.4 Å². The van der Waals surface area contributed by atoms with Gasteiger partial charge in [0.1, 0.15) is 0 Å².